The van der Waals surface area contributed by atoms with Crippen LogP contribution in [0.25, 0.3) is 0 Å². The molecule has 3 atom stereocenters. The van der Waals surface area contributed by atoms with Gasteiger partial charge in [-0.2, -0.15) is 0 Å². The summed E-state index contributed by atoms with van der Waals surface area (Å²) >= 11 is 0. The Hall–Kier alpha value is -5.09. The maximum absolute atomic E-state index is 15.0. The average Bonchev–Trinajstić information content (AvgIpc) is 3.16. The molecule has 1 aromatic heterocycles. The van der Waals surface area contributed by atoms with E-state index < -0.39 is 51.3 Å². The lowest BCUT2D eigenvalue weighted by atomic mass is 9.90. The van der Waals surface area contributed by atoms with Gasteiger partial charge in [0.15, 0.2) is 20.3 Å². The van der Waals surface area contributed by atoms with Gasteiger partial charge in [0.25, 0.3) is 0 Å². The van der Waals surface area contributed by atoms with Gasteiger partial charge in [-0.15, -0.1) is 0 Å². The second-order valence-electron chi connectivity index (χ2n) is 14.4. The number of nitrogens with zero attached hydrogens (tertiary/aromatic N) is 3. The molecular formula is C42H48N3O7PSi. The smallest absolute Gasteiger partial charge is 0.363 e. The minimum atomic E-state index is -3.29. The first-order valence-corrected chi connectivity index (χ1v) is 22.4. The highest BCUT2D eigenvalue weighted by Gasteiger charge is 2.59. The Labute approximate surface area is 318 Å². The zero-order chi connectivity index (χ0) is 39.1. The molecule has 0 aliphatic carbocycles. The normalized spacial score (nSPS) is 16.8. The van der Waals surface area contributed by atoms with Crippen LogP contribution in [0.1, 0.15) is 33.3 Å². The van der Waals surface area contributed by atoms with E-state index in [0.29, 0.717) is 5.56 Å². The average molecular weight is 766 g/mol. The summed E-state index contributed by atoms with van der Waals surface area (Å²) in [5, 5.41) is 6.18. The highest BCUT2D eigenvalue weighted by atomic mass is 31.2. The molecule has 2 heterocycles. The number of carbonyl (C=O) groups is 3. The SMILES string of the molecule is C=CCOC(=O)C(N1C(=O)[C@H]([C@@H](C)O[Si](C)(C)C(C)(C)C)[C@H]1OC(=O)/C(=N/OC)c1cccnc1)=P(c1ccccc1)(c1ccccc1)c1ccccc1. The third-order valence-electron chi connectivity index (χ3n) is 9.91. The molecule has 1 aliphatic rings. The number of benzene rings is 3. The number of β-lactam (4-membered cyclic amide) rings is 1. The number of likely N-dealkylation sites (tertiary alicyclic amines) is 1. The van der Waals surface area contributed by atoms with E-state index in [1.54, 1.807) is 18.3 Å². The van der Waals surface area contributed by atoms with Crippen molar-refractivity contribution in [3.05, 3.63) is 134 Å². The monoisotopic (exact) mass is 765 g/mol. The number of aromatic nitrogens is 1. The summed E-state index contributed by atoms with van der Waals surface area (Å²) in [6.07, 6.45) is 2.50. The Bertz CT molecular complexity index is 1930. The van der Waals surface area contributed by atoms with E-state index in [0.717, 1.165) is 15.9 Å². The Morgan fingerprint density at radius 3 is 1.89 bits per heavy atom. The summed E-state index contributed by atoms with van der Waals surface area (Å²) in [5.74, 6) is -3.04. The summed E-state index contributed by atoms with van der Waals surface area (Å²) in [4.78, 5) is 54.7. The Kier molecular flexibility index (Phi) is 12.6. The summed E-state index contributed by atoms with van der Waals surface area (Å²) < 4.78 is 19.0. The van der Waals surface area contributed by atoms with Crippen LogP contribution in [0.15, 0.2) is 133 Å². The molecule has 1 amide bonds. The fraction of sp³-hybridized carbons (Fsp3) is 0.286. The van der Waals surface area contributed by atoms with Gasteiger partial charge in [0.2, 0.25) is 5.91 Å². The number of esters is 2. The first kappa shape index (κ1) is 40.1. The number of hydrogen-bond donors (Lipinski definition) is 0. The maximum atomic E-state index is 15.0. The molecule has 0 spiro atoms. The highest BCUT2D eigenvalue weighted by Crippen LogP contribution is 2.50. The van der Waals surface area contributed by atoms with Crippen LogP contribution in [0.4, 0.5) is 0 Å². The second kappa shape index (κ2) is 16.9. The molecule has 5 rings (SSSR count). The molecule has 4 aromatic rings. The zero-order valence-corrected chi connectivity index (χ0v) is 33.7. The second-order valence-corrected chi connectivity index (χ2v) is 22.4. The van der Waals surface area contributed by atoms with E-state index in [4.69, 9.17) is 18.7 Å². The molecule has 3 aromatic carbocycles. The van der Waals surface area contributed by atoms with Crippen molar-refractivity contribution < 1.29 is 33.1 Å². The van der Waals surface area contributed by atoms with Crippen molar-refractivity contribution in [1.29, 1.82) is 0 Å². The van der Waals surface area contributed by atoms with Gasteiger partial charge in [-0.3, -0.25) is 14.7 Å². The van der Waals surface area contributed by atoms with Crippen molar-refractivity contribution in [1.82, 2.24) is 9.88 Å². The maximum Gasteiger partial charge on any atom is 0.363 e. The van der Waals surface area contributed by atoms with Crippen LogP contribution < -0.4 is 15.9 Å². The minimum Gasteiger partial charge on any atom is -0.457 e. The van der Waals surface area contributed by atoms with Crippen LogP contribution in [0.2, 0.25) is 18.1 Å². The van der Waals surface area contributed by atoms with Gasteiger partial charge < -0.3 is 18.7 Å². The van der Waals surface area contributed by atoms with Crippen molar-refractivity contribution in [2.24, 2.45) is 11.1 Å². The predicted octanol–water partition coefficient (Wildman–Crippen LogP) is 6.02. The molecule has 10 nitrogen and oxygen atoms in total. The third kappa shape index (κ3) is 7.89. The van der Waals surface area contributed by atoms with Gasteiger partial charge in [0, 0.05) is 24.8 Å². The summed E-state index contributed by atoms with van der Waals surface area (Å²) in [7, 11) is -1.13. The lowest BCUT2D eigenvalue weighted by molar-refractivity contribution is -0.192. The van der Waals surface area contributed by atoms with Crippen molar-refractivity contribution in [2.45, 2.75) is 58.2 Å². The van der Waals surface area contributed by atoms with Crippen LogP contribution in [-0.2, 0) is 33.1 Å². The number of ether oxygens (including phenoxy) is 2. The molecule has 0 bridgehead atoms. The van der Waals surface area contributed by atoms with Crippen molar-refractivity contribution in [3.63, 3.8) is 0 Å². The Balaban J connectivity index is 1.84. The Morgan fingerprint density at radius 2 is 1.44 bits per heavy atom. The van der Waals surface area contributed by atoms with E-state index in [1.165, 1.54) is 24.3 Å². The lowest BCUT2D eigenvalue weighted by Crippen LogP contribution is -2.70. The fourth-order valence-corrected chi connectivity index (χ4v) is 12.1. The molecule has 1 saturated heterocycles. The van der Waals surface area contributed by atoms with Gasteiger partial charge in [0.05, 0.1) is 6.10 Å². The third-order valence-corrected chi connectivity index (χ3v) is 18.7. The van der Waals surface area contributed by atoms with E-state index in [9.17, 15) is 9.59 Å². The molecule has 54 heavy (non-hydrogen) atoms. The number of rotatable bonds is 14. The molecule has 282 valence electrons. The Morgan fingerprint density at radius 1 is 0.907 bits per heavy atom. The van der Waals surface area contributed by atoms with Crippen LogP contribution in [0.5, 0.6) is 0 Å². The van der Waals surface area contributed by atoms with Crippen LogP contribution in [0.3, 0.4) is 0 Å². The van der Waals surface area contributed by atoms with E-state index in [-0.39, 0.29) is 22.8 Å². The van der Waals surface area contributed by atoms with Gasteiger partial charge >= 0.3 is 11.9 Å². The van der Waals surface area contributed by atoms with Crippen LogP contribution in [-0.4, -0.2) is 73.2 Å². The number of hydrogen-bond acceptors (Lipinski definition) is 9. The number of carbonyl (C=O) groups excluding carboxylic acids is 3. The number of oxime groups is 1. The molecule has 0 unspecified atom stereocenters. The van der Waals surface area contributed by atoms with Gasteiger partial charge in [-0.1, -0.05) is 130 Å². The van der Waals surface area contributed by atoms with E-state index in [1.807, 2.05) is 97.9 Å². The first-order chi connectivity index (χ1) is 25.8. The molecular weight excluding hydrogens is 718 g/mol. The van der Waals surface area contributed by atoms with E-state index in [2.05, 4.69) is 50.6 Å². The first-order valence-electron chi connectivity index (χ1n) is 17.7. The predicted molar refractivity (Wildman–Crippen MR) is 217 cm³/mol. The lowest BCUT2D eigenvalue weighted by Gasteiger charge is -2.51. The number of pyridine rings is 1. The largest absolute Gasteiger partial charge is 0.457 e. The minimum absolute atomic E-state index is 0.0538. The standard InChI is InChI=1S/C42H48N3O7PSi/c1-9-28-50-41(48)39(53(32-21-13-10-14-22-32,33-23-15-11-16-24-33)34-25-17-12-18-26-34)45-37(46)35(30(2)52-54(7,8)42(3,4)5)38(45)51-40(47)36(44-49-6)31-20-19-27-43-29-31/h9-27,29-30,35,38H,1,28H2,2-8H3/b44-36+/t30-,35+,38-/m1/s1. The topological polar surface area (TPSA) is 117 Å². The van der Waals surface area contributed by atoms with Crippen LogP contribution in [0, 0.1) is 5.92 Å². The molecule has 0 radical (unpaired) electrons. The molecule has 1 aliphatic heterocycles. The van der Waals surface area contributed by atoms with Gasteiger partial charge in [-0.05, 0) is 53.1 Å². The summed E-state index contributed by atoms with van der Waals surface area (Å²) in [5.41, 5.74) is 0.240. The van der Waals surface area contributed by atoms with Gasteiger partial charge in [-0.25, -0.2) is 9.59 Å². The number of amides is 1. The molecule has 12 heteroatoms. The van der Waals surface area contributed by atoms with Crippen molar-refractivity contribution in [3.8, 4) is 0 Å². The summed E-state index contributed by atoms with van der Waals surface area (Å²) in [6, 6.07) is 32.1. The molecule has 0 N–H and O–H groups in total. The van der Waals surface area contributed by atoms with E-state index >= 15 is 4.79 Å². The highest BCUT2D eigenvalue weighted by molar-refractivity contribution is 7.96. The van der Waals surface area contributed by atoms with Crippen LogP contribution >= 0.6 is 6.89 Å². The zero-order valence-electron chi connectivity index (χ0n) is 31.8. The van der Waals surface area contributed by atoms with Gasteiger partial charge in [0.1, 0.15) is 25.1 Å². The fourth-order valence-electron chi connectivity index (χ4n) is 6.32. The molecule has 1 fully saturated rings. The quantitative estimate of drug-likeness (QED) is 0.0291. The summed E-state index contributed by atoms with van der Waals surface area (Å²) in [6.45, 7) is 12.7. The molecule has 0 saturated carbocycles. The van der Waals surface area contributed by atoms with Crippen molar-refractivity contribution in [2.75, 3.05) is 13.7 Å². The van der Waals surface area contributed by atoms with Crippen molar-refractivity contribution >= 4 is 60.1 Å².